The second-order valence-corrected chi connectivity index (χ2v) is 7.04. The molecule has 0 bridgehead atoms. The first-order valence-corrected chi connectivity index (χ1v) is 8.86. The monoisotopic (exact) mass is 363 g/mol. The number of fused-ring (bicyclic) bond motifs is 3. The first-order chi connectivity index (χ1) is 12.7. The molecular formula is C19H13N3O3S. The average molecular weight is 363 g/mol. The first kappa shape index (κ1) is 15.1. The summed E-state index contributed by atoms with van der Waals surface area (Å²) in [5.41, 5.74) is 3.16. The molecule has 0 aliphatic carbocycles. The molecule has 0 saturated carbocycles. The van der Waals surface area contributed by atoms with Crippen LogP contribution < -0.4 is 14.8 Å². The Bertz CT molecular complexity index is 1140. The van der Waals surface area contributed by atoms with E-state index in [1.807, 2.05) is 43.3 Å². The number of nitrogens with zero attached hydrogens (tertiary/aromatic N) is 2. The molecule has 2 aromatic heterocycles. The number of hydrogen-bond acceptors (Lipinski definition) is 6. The summed E-state index contributed by atoms with van der Waals surface area (Å²) < 4.78 is 11.7. The number of carbonyl (C=O) groups excluding carboxylic acids is 1. The van der Waals surface area contributed by atoms with Gasteiger partial charge in [-0.1, -0.05) is 17.4 Å². The lowest BCUT2D eigenvalue weighted by atomic mass is 10.1. The lowest BCUT2D eigenvalue weighted by Crippen LogP contribution is -2.11. The number of nitrogens with one attached hydrogen (secondary N) is 1. The van der Waals surface area contributed by atoms with Crippen molar-refractivity contribution in [1.82, 2.24) is 9.97 Å². The Morgan fingerprint density at radius 2 is 1.88 bits per heavy atom. The van der Waals surface area contributed by atoms with Gasteiger partial charge in [-0.3, -0.25) is 15.1 Å². The average Bonchev–Trinajstić information content (AvgIpc) is 3.24. The molecule has 128 valence electrons. The van der Waals surface area contributed by atoms with Gasteiger partial charge in [0.25, 0.3) is 5.91 Å². The van der Waals surface area contributed by atoms with Crippen molar-refractivity contribution < 1.29 is 14.3 Å². The van der Waals surface area contributed by atoms with E-state index >= 15 is 0 Å². The quantitative estimate of drug-likeness (QED) is 0.580. The van der Waals surface area contributed by atoms with E-state index in [1.165, 1.54) is 11.3 Å². The second kappa shape index (κ2) is 5.67. The van der Waals surface area contributed by atoms with Gasteiger partial charge >= 0.3 is 0 Å². The van der Waals surface area contributed by atoms with Gasteiger partial charge in [0, 0.05) is 28.8 Å². The summed E-state index contributed by atoms with van der Waals surface area (Å²) >= 11 is 1.40. The van der Waals surface area contributed by atoms with Gasteiger partial charge in [-0.2, -0.15) is 0 Å². The number of amides is 1. The molecule has 0 radical (unpaired) electrons. The van der Waals surface area contributed by atoms with E-state index in [-0.39, 0.29) is 12.7 Å². The zero-order valence-corrected chi connectivity index (χ0v) is 14.6. The molecule has 0 fully saturated rings. The number of aromatic nitrogens is 2. The largest absolute Gasteiger partial charge is 0.454 e. The van der Waals surface area contributed by atoms with E-state index in [0.29, 0.717) is 22.2 Å². The zero-order valence-electron chi connectivity index (χ0n) is 13.8. The Kier molecular flexibility index (Phi) is 3.29. The van der Waals surface area contributed by atoms with E-state index < -0.39 is 0 Å². The van der Waals surface area contributed by atoms with Gasteiger partial charge in [-0.15, -0.1) is 0 Å². The lowest BCUT2D eigenvalue weighted by Gasteiger charge is -2.04. The molecule has 5 rings (SSSR count). The van der Waals surface area contributed by atoms with Crippen molar-refractivity contribution in [3.05, 3.63) is 53.7 Å². The number of ether oxygens (including phenoxy) is 2. The Morgan fingerprint density at radius 3 is 2.77 bits per heavy atom. The molecule has 26 heavy (non-hydrogen) atoms. The molecular weight excluding hydrogens is 350 g/mol. The third-order valence-corrected chi connectivity index (χ3v) is 5.13. The SMILES string of the molecule is Cc1ccc2cc(C(=O)Nc3nc4cc5c(cc4s3)OCO5)ccc2n1. The predicted octanol–water partition coefficient (Wildman–Crippen LogP) is 4.13. The highest BCUT2D eigenvalue weighted by Crippen LogP contribution is 2.39. The minimum Gasteiger partial charge on any atom is -0.454 e. The highest BCUT2D eigenvalue weighted by molar-refractivity contribution is 7.22. The van der Waals surface area contributed by atoms with E-state index in [1.54, 1.807) is 6.07 Å². The van der Waals surface area contributed by atoms with Gasteiger partial charge in [-0.25, -0.2) is 4.98 Å². The van der Waals surface area contributed by atoms with Crippen molar-refractivity contribution >= 4 is 43.5 Å². The molecule has 0 unspecified atom stereocenters. The zero-order chi connectivity index (χ0) is 17.7. The van der Waals surface area contributed by atoms with Crippen molar-refractivity contribution in [2.24, 2.45) is 0 Å². The van der Waals surface area contributed by atoms with Gasteiger partial charge in [0.05, 0.1) is 15.7 Å². The maximum atomic E-state index is 12.6. The van der Waals surface area contributed by atoms with Gasteiger partial charge in [-0.05, 0) is 31.2 Å². The van der Waals surface area contributed by atoms with Crippen molar-refractivity contribution in [1.29, 1.82) is 0 Å². The highest BCUT2D eigenvalue weighted by Gasteiger charge is 2.17. The van der Waals surface area contributed by atoms with Crippen LogP contribution in [-0.4, -0.2) is 22.7 Å². The minimum absolute atomic E-state index is 0.202. The lowest BCUT2D eigenvalue weighted by molar-refractivity contribution is 0.102. The number of carbonyl (C=O) groups is 1. The van der Waals surface area contributed by atoms with Crippen LogP contribution in [0.25, 0.3) is 21.1 Å². The van der Waals surface area contributed by atoms with Crippen molar-refractivity contribution in [3.63, 3.8) is 0 Å². The summed E-state index contributed by atoms with van der Waals surface area (Å²) in [5, 5.41) is 4.33. The van der Waals surface area contributed by atoms with Crippen molar-refractivity contribution in [3.8, 4) is 11.5 Å². The van der Waals surface area contributed by atoms with E-state index in [2.05, 4.69) is 15.3 Å². The minimum atomic E-state index is -0.202. The molecule has 0 atom stereocenters. The summed E-state index contributed by atoms with van der Waals surface area (Å²) in [5.74, 6) is 1.18. The number of anilines is 1. The Balaban J connectivity index is 1.44. The number of pyridine rings is 1. The van der Waals surface area contributed by atoms with Crippen molar-refractivity contribution in [2.75, 3.05) is 12.1 Å². The number of thiazole rings is 1. The van der Waals surface area contributed by atoms with Gasteiger partial charge in [0.1, 0.15) is 0 Å². The predicted molar refractivity (Wildman–Crippen MR) is 100 cm³/mol. The third kappa shape index (κ3) is 2.53. The highest BCUT2D eigenvalue weighted by atomic mass is 32.1. The molecule has 1 aliphatic rings. The summed E-state index contributed by atoms with van der Waals surface area (Å²) in [6.07, 6.45) is 0. The fourth-order valence-electron chi connectivity index (χ4n) is 2.91. The van der Waals surface area contributed by atoms with Crippen LogP contribution >= 0.6 is 11.3 Å². The Labute approximate surface area is 152 Å². The van der Waals surface area contributed by atoms with Crippen molar-refractivity contribution in [2.45, 2.75) is 6.92 Å². The third-order valence-electron chi connectivity index (χ3n) is 4.19. The maximum Gasteiger partial charge on any atom is 0.257 e. The number of benzene rings is 2. The fraction of sp³-hybridized carbons (Fsp3) is 0.105. The van der Waals surface area contributed by atoms with Crippen LogP contribution in [0.5, 0.6) is 11.5 Å². The normalized spacial score (nSPS) is 12.7. The number of hydrogen-bond donors (Lipinski definition) is 1. The second-order valence-electron chi connectivity index (χ2n) is 6.01. The van der Waals surface area contributed by atoms with Crippen LogP contribution in [-0.2, 0) is 0 Å². The van der Waals surface area contributed by atoms with Gasteiger partial charge < -0.3 is 9.47 Å². The van der Waals surface area contributed by atoms with Crippen LogP contribution in [0.2, 0.25) is 0 Å². The summed E-state index contributed by atoms with van der Waals surface area (Å²) in [6, 6.07) is 13.1. The number of rotatable bonds is 2. The maximum absolute atomic E-state index is 12.6. The van der Waals surface area contributed by atoms with Gasteiger partial charge in [0.15, 0.2) is 16.6 Å². The Morgan fingerprint density at radius 1 is 1.04 bits per heavy atom. The first-order valence-electron chi connectivity index (χ1n) is 8.05. The van der Waals surface area contributed by atoms with E-state index in [9.17, 15) is 4.79 Å². The van der Waals surface area contributed by atoms with Crippen LogP contribution in [0.1, 0.15) is 16.1 Å². The molecule has 2 aromatic carbocycles. The topological polar surface area (TPSA) is 73.3 Å². The molecule has 0 saturated heterocycles. The van der Waals surface area contributed by atoms with Gasteiger partial charge in [0.2, 0.25) is 6.79 Å². The van der Waals surface area contributed by atoms with Crippen LogP contribution in [0.4, 0.5) is 5.13 Å². The molecule has 3 heterocycles. The molecule has 1 aliphatic heterocycles. The summed E-state index contributed by atoms with van der Waals surface area (Å²) in [6.45, 7) is 2.17. The van der Waals surface area contributed by atoms with Crippen LogP contribution in [0, 0.1) is 6.92 Å². The van der Waals surface area contributed by atoms with E-state index in [0.717, 1.165) is 26.8 Å². The molecule has 0 spiro atoms. The van der Waals surface area contributed by atoms with Crippen LogP contribution in [0.15, 0.2) is 42.5 Å². The molecule has 6 nitrogen and oxygen atoms in total. The standard InChI is InChI=1S/C19H13N3O3S/c1-10-2-3-11-6-12(4-5-13(11)20-10)18(23)22-19-21-14-7-15-16(25-9-24-15)8-17(14)26-19/h2-8H,9H2,1H3,(H,21,22,23). The van der Waals surface area contributed by atoms with Crippen LogP contribution in [0.3, 0.4) is 0 Å². The molecule has 1 amide bonds. The molecule has 1 N–H and O–H groups in total. The smallest absolute Gasteiger partial charge is 0.257 e. The molecule has 4 aromatic rings. The summed E-state index contributed by atoms with van der Waals surface area (Å²) in [4.78, 5) is 21.5. The number of aryl methyl sites for hydroxylation is 1. The molecule has 7 heteroatoms. The summed E-state index contributed by atoms with van der Waals surface area (Å²) in [7, 11) is 0. The fourth-order valence-corrected chi connectivity index (χ4v) is 3.78. The Hall–Kier alpha value is -3.19. The van der Waals surface area contributed by atoms with E-state index in [4.69, 9.17) is 9.47 Å².